The quantitative estimate of drug-likeness (QED) is 0.713. The molecule has 0 radical (unpaired) electrons. The van der Waals surface area contributed by atoms with E-state index in [1.807, 2.05) is 43.3 Å². The number of amides is 1. The van der Waals surface area contributed by atoms with Gasteiger partial charge in [0.15, 0.2) is 18.1 Å². The van der Waals surface area contributed by atoms with Gasteiger partial charge < -0.3 is 14.8 Å². The summed E-state index contributed by atoms with van der Waals surface area (Å²) in [5.41, 5.74) is 2.01. The number of benzene rings is 2. The number of allylic oxidation sites excluding steroid dienone is 1. The highest BCUT2D eigenvalue weighted by Crippen LogP contribution is 2.28. The van der Waals surface area contributed by atoms with Crippen LogP contribution in [0.4, 0.5) is 0 Å². The molecule has 0 saturated heterocycles. The van der Waals surface area contributed by atoms with Crippen LogP contribution in [0, 0.1) is 0 Å². The smallest absolute Gasteiger partial charge is 0.258 e. The number of carbonyl (C=O) groups is 1. The Balaban J connectivity index is 1.94. The number of hydrogen-bond acceptors (Lipinski definition) is 3. The van der Waals surface area contributed by atoms with Crippen LogP contribution in [0.5, 0.6) is 11.5 Å². The predicted molar refractivity (Wildman–Crippen MR) is 100 cm³/mol. The minimum atomic E-state index is -0.218. The van der Waals surface area contributed by atoms with Gasteiger partial charge in [-0.3, -0.25) is 4.79 Å². The summed E-state index contributed by atoms with van der Waals surface area (Å²) in [6.45, 7) is 5.52. The van der Waals surface area contributed by atoms with Crippen LogP contribution in [-0.2, 0) is 11.2 Å². The molecule has 1 atom stereocenters. The van der Waals surface area contributed by atoms with Crippen molar-refractivity contribution in [2.75, 3.05) is 13.7 Å². The van der Waals surface area contributed by atoms with Gasteiger partial charge in [-0.25, -0.2) is 0 Å². The van der Waals surface area contributed by atoms with Crippen LogP contribution >= 0.6 is 11.6 Å². The van der Waals surface area contributed by atoms with E-state index in [4.69, 9.17) is 21.1 Å². The Labute approximate surface area is 153 Å². The summed E-state index contributed by atoms with van der Waals surface area (Å²) in [6.07, 6.45) is 2.56. The predicted octanol–water partition coefficient (Wildman–Crippen LogP) is 4.33. The van der Waals surface area contributed by atoms with Gasteiger partial charge in [0.2, 0.25) is 0 Å². The first-order valence-corrected chi connectivity index (χ1v) is 8.36. The van der Waals surface area contributed by atoms with E-state index in [1.54, 1.807) is 19.2 Å². The van der Waals surface area contributed by atoms with Crippen LogP contribution in [0.3, 0.4) is 0 Å². The molecule has 4 nitrogen and oxygen atoms in total. The normalized spacial score (nSPS) is 11.5. The van der Waals surface area contributed by atoms with Crippen molar-refractivity contribution in [1.82, 2.24) is 5.32 Å². The lowest BCUT2D eigenvalue weighted by atomic mass is 10.1. The van der Waals surface area contributed by atoms with Crippen molar-refractivity contribution in [2.45, 2.75) is 19.4 Å². The summed E-state index contributed by atoms with van der Waals surface area (Å²) in [5, 5.41) is 3.52. The Kier molecular flexibility index (Phi) is 6.90. The summed E-state index contributed by atoms with van der Waals surface area (Å²) in [4.78, 5) is 12.1. The van der Waals surface area contributed by atoms with E-state index in [0.717, 1.165) is 17.5 Å². The van der Waals surface area contributed by atoms with Gasteiger partial charge >= 0.3 is 0 Å². The van der Waals surface area contributed by atoms with Crippen LogP contribution in [0.25, 0.3) is 0 Å². The average Bonchev–Trinajstić information content (AvgIpc) is 2.60. The highest BCUT2D eigenvalue weighted by Gasteiger charge is 2.12. The Morgan fingerprint density at radius 2 is 2.08 bits per heavy atom. The molecule has 1 N–H and O–H groups in total. The molecule has 0 aliphatic rings. The Morgan fingerprint density at radius 1 is 1.28 bits per heavy atom. The van der Waals surface area contributed by atoms with Crippen molar-refractivity contribution in [1.29, 1.82) is 0 Å². The molecule has 2 aromatic rings. The first kappa shape index (κ1) is 18.9. The lowest BCUT2D eigenvalue weighted by molar-refractivity contribution is -0.123. The molecule has 2 rings (SSSR count). The Hall–Kier alpha value is -2.46. The molecular formula is C20H22ClNO3. The van der Waals surface area contributed by atoms with Crippen molar-refractivity contribution in [3.05, 3.63) is 71.3 Å². The number of ether oxygens (including phenoxy) is 2. The van der Waals surface area contributed by atoms with Crippen molar-refractivity contribution in [3.63, 3.8) is 0 Å². The Bertz CT molecular complexity index is 745. The van der Waals surface area contributed by atoms with Crippen LogP contribution in [0.2, 0.25) is 5.02 Å². The number of halogens is 1. The number of hydrogen-bond donors (Lipinski definition) is 1. The molecule has 0 bridgehead atoms. The molecule has 5 heteroatoms. The largest absolute Gasteiger partial charge is 0.493 e. The zero-order valence-electron chi connectivity index (χ0n) is 14.4. The molecule has 132 valence electrons. The molecule has 2 aromatic carbocycles. The SMILES string of the molecule is C=CCc1ccc(OCC(=O)NC(C)c2cccc(Cl)c2)c(OC)c1. The Morgan fingerprint density at radius 3 is 2.76 bits per heavy atom. The molecule has 1 unspecified atom stereocenters. The summed E-state index contributed by atoms with van der Waals surface area (Å²) in [7, 11) is 1.57. The molecule has 0 aromatic heterocycles. The third kappa shape index (κ3) is 5.54. The van der Waals surface area contributed by atoms with Crippen LogP contribution in [-0.4, -0.2) is 19.6 Å². The zero-order valence-corrected chi connectivity index (χ0v) is 15.2. The molecule has 0 saturated carbocycles. The first-order valence-electron chi connectivity index (χ1n) is 7.99. The van der Waals surface area contributed by atoms with Gasteiger partial charge in [-0.1, -0.05) is 35.9 Å². The van der Waals surface area contributed by atoms with Gasteiger partial charge in [-0.2, -0.15) is 0 Å². The number of nitrogens with one attached hydrogen (secondary N) is 1. The maximum atomic E-state index is 12.1. The van der Waals surface area contributed by atoms with Gasteiger partial charge in [-0.15, -0.1) is 6.58 Å². The number of rotatable bonds is 8. The highest BCUT2D eigenvalue weighted by molar-refractivity contribution is 6.30. The number of carbonyl (C=O) groups excluding carboxylic acids is 1. The molecule has 0 fully saturated rings. The van der Waals surface area contributed by atoms with Gasteiger partial charge in [0, 0.05) is 5.02 Å². The van der Waals surface area contributed by atoms with E-state index in [1.165, 1.54) is 0 Å². The molecule has 0 spiro atoms. The summed E-state index contributed by atoms with van der Waals surface area (Å²) >= 11 is 5.98. The van der Waals surface area contributed by atoms with Gasteiger partial charge in [0.05, 0.1) is 13.2 Å². The summed E-state index contributed by atoms with van der Waals surface area (Å²) < 4.78 is 10.9. The van der Waals surface area contributed by atoms with Crippen molar-refractivity contribution < 1.29 is 14.3 Å². The summed E-state index contributed by atoms with van der Waals surface area (Å²) in [5.74, 6) is 0.903. The number of methoxy groups -OCH3 is 1. The minimum Gasteiger partial charge on any atom is -0.493 e. The maximum absolute atomic E-state index is 12.1. The van der Waals surface area contributed by atoms with Gasteiger partial charge in [0.25, 0.3) is 5.91 Å². The second-order valence-electron chi connectivity index (χ2n) is 5.61. The van der Waals surface area contributed by atoms with E-state index >= 15 is 0 Å². The molecule has 25 heavy (non-hydrogen) atoms. The topological polar surface area (TPSA) is 47.6 Å². The molecular weight excluding hydrogens is 338 g/mol. The molecule has 0 heterocycles. The van der Waals surface area contributed by atoms with E-state index in [2.05, 4.69) is 11.9 Å². The van der Waals surface area contributed by atoms with Crippen LogP contribution in [0.15, 0.2) is 55.1 Å². The van der Waals surface area contributed by atoms with E-state index in [9.17, 15) is 4.79 Å². The molecule has 1 amide bonds. The van der Waals surface area contributed by atoms with Crippen LogP contribution < -0.4 is 14.8 Å². The van der Waals surface area contributed by atoms with Crippen molar-refractivity contribution in [2.24, 2.45) is 0 Å². The zero-order chi connectivity index (χ0) is 18.2. The average molecular weight is 360 g/mol. The van der Waals surface area contributed by atoms with E-state index in [0.29, 0.717) is 16.5 Å². The van der Waals surface area contributed by atoms with Crippen LogP contribution in [0.1, 0.15) is 24.1 Å². The van der Waals surface area contributed by atoms with Gasteiger partial charge in [0.1, 0.15) is 0 Å². The minimum absolute atomic E-state index is 0.0952. The lowest BCUT2D eigenvalue weighted by Crippen LogP contribution is -2.31. The molecule has 0 aliphatic heterocycles. The standard InChI is InChI=1S/C20H22ClNO3/c1-4-6-15-9-10-18(19(11-15)24-3)25-13-20(23)22-14(2)16-7-5-8-17(21)12-16/h4-5,7-12,14H,1,6,13H2,2-3H3,(H,22,23). The first-order chi connectivity index (χ1) is 12.0. The van der Waals surface area contributed by atoms with E-state index < -0.39 is 0 Å². The van der Waals surface area contributed by atoms with Crippen molar-refractivity contribution in [3.8, 4) is 11.5 Å². The third-order valence-corrected chi connectivity index (χ3v) is 3.93. The second kappa shape index (κ2) is 9.14. The van der Waals surface area contributed by atoms with Gasteiger partial charge in [-0.05, 0) is 48.7 Å². The second-order valence-corrected chi connectivity index (χ2v) is 6.05. The fourth-order valence-electron chi connectivity index (χ4n) is 2.41. The molecule has 0 aliphatic carbocycles. The monoisotopic (exact) mass is 359 g/mol. The fourth-order valence-corrected chi connectivity index (χ4v) is 2.61. The third-order valence-electron chi connectivity index (χ3n) is 3.69. The maximum Gasteiger partial charge on any atom is 0.258 e. The van der Waals surface area contributed by atoms with Crippen molar-refractivity contribution >= 4 is 17.5 Å². The lowest BCUT2D eigenvalue weighted by Gasteiger charge is -2.16. The van der Waals surface area contributed by atoms with E-state index in [-0.39, 0.29) is 18.6 Å². The fraction of sp³-hybridized carbons (Fsp3) is 0.250. The summed E-state index contributed by atoms with van der Waals surface area (Å²) in [6, 6.07) is 12.8. The highest BCUT2D eigenvalue weighted by atomic mass is 35.5.